The zero-order chi connectivity index (χ0) is 15.6. The number of nitrogens with one attached hydrogen (secondary N) is 1. The van der Waals surface area contributed by atoms with Crippen molar-refractivity contribution in [2.75, 3.05) is 19.3 Å². The van der Waals surface area contributed by atoms with Crippen LogP contribution in [0.3, 0.4) is 0 Å². The fourth-order valence-electron chi connectivity index (χ4n) is 2.47. The molecule has 0 bridgehead atoms. The Balaban J connectivity index is 1.99. The summed E-state index contributed by atoms with van der Waals surface area (Å²) in [6.45, 7) is 2.86. The van der Waals surface area contributed by atoms with E-state index in [-0.39, 0.29) is 11.9 Å². The van der Waals surface area contributed by atoms with Crippen LogP contribution in [-0.2, 0) is 14.8 Å². The Morgan fingerprint density at radius 1 is 1.38 bits per heavy atom. The standard InChI is InChI=1S/C14H21N3O3S/c1-10-3-5-11(6-4-10)13(15)14(18)17-8-7-12(9-17)16-21(2,19)20/h3-6,12-13,16H,7-9,15H2,1-2H3. The van der Waals surface area contributed by atoms with Crippen LogP contribution in [0.25, 0.3) is 0 Å². The molecule has 0 aliphatic carbocycles. The van der Waals surface area contributed by atoms with Crippen molar-refractivity contribution in [3.8, 4) is 0 Å². The van der Waals surface area contributed by atoms with Crippen molar-refractivity contribution >= 4 is 15.9 Å². The van der Waals surface area contributed by atoms with Crippen LogP contribution in [-0.4, -0.2) is 44.6 Å². The van der Waals surface area contributed by atoms with Gasteiger partial charge in [-0.05, 0) is 18.9 Å². The molecule has 0 saturated carbocycles. The maximum absolute atomic E-state index is 12.4. The molecule has 1 saturated heterocycles. The highest BCUT2D eigenvalue weighted by molar-refractivity contribution is 7.88. The minimum atomic E-state index is -3.25. The van der Waals surface area contributed by atoms with Crippen LogP contribution < -0.4 is 10.5 Å². The normalized spacial score (nSPS) is 20.5. The summed E-state index contributed by atoms with van der Waals surface area (Å²) in [5.74, 6) is -0.170. The maximum Gasteiger partial charge on any atom is 0.244 e. The lowest BCUT2D eigenvalue weighted by Gasteiger charge is -2.21. The van der Waals surface area contributed by atoms with Crippen molar-refractivity contribution in [2.24, 2.45) is 5.73 Å². The lowest BCUT2D eigenvalue weighted by molar-refractivity contribution is -0.131. The molecule has 1 amide bonds. The highest BCUT2D eigenvalue weighted by atomic mass is 32.2. The van der Waals surface area contributed by atoms with Crippen LogP contribution in [0.15, 0.2) is 24.3 Å². The van der Waals surface area contributed by atoms with Crippen LogP contribution in [0, 0.1) is 6.92 Å². The summed E-state index contributed by atoms with van der Waals surface area (Å²) in [6.07, 6.45) is 1.73. The van der Waals surface area contributed by atoms with E-state index < -0.39 is 16.1 Å². The summed E-state index contributed by atoms with van der Waals surface area (Å²) >= 11 is 0. The van der Waals surface area contributed by atoms with Gasteiger partial charge in [-0.3, -0.25) is 4.79 Å². The molecule has 1 heterocycles. The number of carbonyl (C=O) groups is 1. The van der Waals surface area contributed by atoms with E-state index in [4.69, 9.17) is 5.73 Å². The average molecular weight is 311 g/mol. The van der Waals surface area contributed by atoms with E-state index in [0.717, 1.165) is 17.4 Å². The van der Waals surface area contributed by atoms with E-state index in [0.29, 0.717) is 19.5 Å². The summed E-state index contributed by atoms with van der Waals surface area (Å²) in [5.41, 5.74) is 7.89. The highest BCUT2D eigenvalue weighted by Crippen LogP contribution is 2.18. The number of benzene rings is 1. The quantitative estimate of drug-likeness (QED) is 0.827. The van der Waals surface area contributed by atoms with Crippen molar-refractivity contribution < 1.29 is 13.2 Å². The van der Waals surface area contributed by atoms with Crippen LogP contribution in [0.2, 0.25) is 0 Å². The van der Waals surface area contributed by atoms with Gasteiger partial charge in [0.15, 0.2) is 0 Å². The molecular formula is C14H21N3O3S. The Labute approximate surface area is 125 Å². The highest BCUT2D eigenvalue weighted by Gasteiger charge is 2.31. The van der Waals surface area contributed by atoms with Crippen molar-refractivity contribution in [3.05, 3.63) is 35.4 Å². The number of carbonyl (C=O) groups excluding carboxylic acids is 1. The van der Waals surface area contributed by atoms with Crippen molar-refractivity contribution in [1.82, 2.24) is 9.62 Å². The fraction of sp³-hybridized carbons (Fsp3) is 0.500. The molecule has 7 heteroatoms. The lowest BCUT2D eigenvalue weighted by Crippen LogP contribution is -2.41. The van der Waals surface area contributed by atoms with E-state index in [1.165, 1.54) is 0 Å². The number of hydrogen-bond donors (Lipinski definition) is 2. The SMILES string of the molecule is Cc1ccc(C(N)C(=O)N2CCC(NS(C)(=O)=O)C2)cc1. The third kappa shape index (κ3) is 4.26. The van der Waals surface area contributed by atoms with Crippen molar-refractivity contribution in [3.63, 3.8) is 0 Å². The molecule has 1 aliphatic heterocycles. The number of hydrogen-bond acceptors (Lipinski definition) is 4. The second-order valence-corrected chi connectivity index (χ2v) is 7.33. The molecule has 0 spiro atoms. The second-order valence-electron chi connectivity index (χ2n) is 5.55. The third-order valence-corrected chi connectivity index (χ3v) is 4.34. The fourth-order valence-corrected chi connectivity index (χ4v) is 3.27. The zero-order valence-electron chi connectivity index (χ0n) is 12.2. The molecule has 1 aromatic carbocycles. The smallest absolute Gasteiger partial charge is 0.244 e. The van der Waals surface area contributed by atoms with Crippen LogP contribution in [0.1, 0.15) is 23.6 Å². The molecule has 2 unspecified atom stereocenters. The van der Waals surface area contributed by atoms with E-state index in [1.807, 2.05) is 31.2 Å². The summed E-state index contributed by atoms with van der Waals surface area (Å²) < 4.78 is 25.0. The summed E-state index contributed by atoms with van der Waals surface area (Å²) in [5, 5.41) is 0. The monoisotopic (exact) mass is 311 g/mol. The molecule has 1 fully saturated rings. The largest absolute Gasteiger partial charge is 0.339 e. The minimum Gasteiger partial charge on any atom is -0.339 e. The molecule has 1 aromatic rings. The first-order chi connectivity index (χ1) is 9.76. The van der Waals surface area contributed by atoms with Gasteiger partial charge in [0.05, 0.1) is 6.26 Å². The van der Waals surface area contributed by atoms with E-state index in [2.05, 4.69) is 4.72 Å². The van der Waals surface area contributed by atoms with E-state index in [9.17, 15) is 13.2 Å². The second kappa shape index (κ2) is 6.13. The predicted molar refractivity (Wildman–Crippen MR) is 81.1 cm³/mol. The van der Waals surface area contributed by atoms with Gasteiger partial charge in [-0.1, -0.05) is 29.8 Å². The first-order valence-corrected chi connectivity index (χ1v) is 8.73. The number of likely N-dealkylation sites (tertiary alicyclic amines) is 1. The van der Waals surface area contributed by atoms with Crippen LogP contribution >= 0.6 is 0 Å². The molecule has 2 rings (SSSR count). The summed E-state index contributed by atoms with van der Waals surface area (Å²) in [7, 11) is -3.25. The molecule has 0 radical (unpaired) electrons. The van der Waals surface area contributed by atoms with Crippen LogP contribution in [0.5, 0.6) is 0 Å². The Morgan fingerprint density at radius 2 is 2.00 bits per heavy atom. The topological polar surface area (TPSA) is 92.5 Å². The van der Waals surface area contributed by atoms with Crippen molar-refractivity contribution in [2.45, 2.75) is 25.4 Å². The number of rotatable bonds is 4. The number of nitrogens with zero attached hydrogens (tertiary/aromatic N) is 1. The average Bonchev–Trinajstić information content (AvgIpc) is 2.84. The number of amides is 1. The molecule has 1 aliphatic rings. The molecular weight excluding hydrogens is 290 g/mol. The maximum atomic E-state index is 12.4. The molecule has 0 aromatic heterocycles. The summed E-state index contributed by atoms with van der Waals surface area (Å²) in [6, 6.07) is 6.60. The van der Waals surface area contributed by atoms with Gasteiger partial charge in [-0.2, -0.15) is 0 Å². The van der Waals surface area contributed by atoms with Gasteiger partial charge in [-0.15, -0.1) is 0 Å². The Hall–Kier alpha value is -1.44. The Morgan fingerprint density at radius 3 is 2.57 bits per heavy atom. The number of sulfonamides is 1. The van der Waals surface area contributed by atoms with Crippen LogP contribution in [0.4, 0.5) is 0 Å². The third-order valence-electron chi connectivity index (χ3n) is 3.58. The van der Waals surface area contributed by atoms with Gasteiger partial charge in [-0.25, -0.2) is 13.1 Å². The van der Waals surface area contributed by atoms with Gasteiger partial charge in [0.1, 0.15) is 6.04 Å². The molecule has 6 nitrogen and oxygen atoms in total. The molecule has 3 N–H and O–H groups in total. The minimum absolute atomic E-state index is 0.170. The zero-order valence-corrected chi connectivity index (χ0v) is 13.1. The lowest BCUT2D eigenvalue weighted by atomic mass is 10.1. The van der Waals surface area contributed by atoms with Gasteiger partial charge in [0.2, 0.25) is 15.9 Å². The van der Waals surface area contributed by atoms with Gasteiger partial charge < -0.3 is 10.6 Å². The molecule has 21 heavy (non-hydrogen) atoms. The molecule has 2 atom stereocenters. The van der Waals surface area contributed by atoms with Crippen molar-refractivity contribution in [1.29, 1.82) is 0 Å². The van der Waals surface area contributed by atoms with E-state index >= 15 is 0 Å². The number of nitrogens with two attached hydrogens (primary N) is 1. The van der Waals surface area contributed by atoms with Gasteiger partial charge in [0.25, 0.3) is 0 Å². The number of aryl methyl sites for hydroxylation is 1. The predicted octanol–water partition coefficient (Wildman–Crippen LogP) is 0.145. The first kappa shape index (κ1) is 15.9. The summed E-state index contributed by atoms with van der Waals surface area (Å²) in [4.78, 5) is 14.0. The van der Waals surface area contributed by atoms with E-state index in [1.54, 1.807) is 4.90 Å². The first-order valence-electron chi connectivity index (χ1n) is 6.84. The molecule has 116 valence electrons. The Bertz CT molecular complexity index is 613. The Kier molecular flexibility index (Phi) is 4.65. The van der Waals surface area contributed by atoms with Gasteiger partial charge in [0, 0.05) is 19.1 Å². The van der Waals surface area contributed by atoms with Gasteiger partial charge >= 0.3 is 0 Å².